The van der Waals surface area contributed by atoms with Gasteiger partial charge >= 0.3 is 0 Å². The van der Waals surface area contributed by atoms with Crippen molar-refractivity contribution in [1.82, 2.24) is 0 Å². The first-order valence-corrected chi connectivity index (χ1v) is 10.9. The van der Waals surface area contributed by atoms with E-state index in [1.807, 2.05) is 0 Å². The molecule has 5 nitrogen and oxygen atoms in total. The van der Waals surface area contributed by atoms with Crippen molar-refractivity contribution in [2.45, 2.75) is 6.92 Å². The van der Waals surface area contributed by atoms with Gasteiger partial charge in [0.15, 0.2) is 0 Å². The van der Waals surface area contributed by atoms with Crippen LogP contribution >= 0.6 is 22.9 Å². The van der Waals surface area contributed by atoms with Crippen molar-refractivity contribution in [1.29, 1.82) is 0 Å². The van der Waals surface area contributed by atoms with Crippen LogP contribution in [0.4, 0.5) is 20.2 Å². The number of hydrogen-bond acceptors (Lipinski definition) is 4. The lowest BCUT2D eigenvalue weighted by Gasteiger charge is -2.13. The van der Waals surface area contributed by atoms with Gasteiger partial charge in [0, 0.05) is 15.4 Å². The molecule has 168 valence electrons. The van der Waals surface area contributed by atoms with Gasteiger partial charge in [-0.15, -0.1) is 11.3 Å². The second-order valence-corrected chi connectivity index (χ2v) is 8.63. The average Bonchev–Trinajstić information content (AvgIpc) is 3.10. The summed E-state index contributed by atoms with van der Waals surface area (Å²) in [6.07, 6.45) is 0. The molecule has 0 saturated heterocycles. The zero-order chi connectivity index (χ0) is 23.7. The van der Waals surface area contributed by atoms with E-state index < -0.39 is 11.7 Å². The maximum atomic E-state index is 14.1. The van der Waals surface area contributed by atoms with Gasteiger partial charge in [-0.2, -0.15) is 0 Å². The number of aryl methyl sites for hydroxylation is 1. The number of ether oxygens (including phenoxy) is 1. The molecule has 0 aliphatic carbocycles. The number of hydrogen-bond donors (Lipinski definition) is 2. The monoisotopic (exact) mass is 486 g/mol. The van der Waals surface area contributed by atoms with E-state index in [9.17, 15) is 18.4 Å². The Kier molecular flexibility index (Phi) is 6.31. The van der Waals surface area contributed by atoms with E-state index in [1.54, 1.807) is 25.1 Å². The lowest BCUT2D eigenvalue weighted by Crippen LogP contribution is -2.15. The molecule has 0 saturated carbocycles. The van der Waals surface area contributed by atoms with Gasteiger partial charge < -0.3 is 15.4 Å². The highest BCUT2D eigenvalue weighted by Gasteiger charge is 2.18. The van der Waals surface area contributed by atoms with Gasteiger partial charge in [-0.05, 0) is 72.5 Å². The van der Waals surface area contributed by atoms with Gasteiger partial charge in [0.1, 0.15) is 17.4 Å². The smallest absolute Gasteiger partial charge is 0.266 e. The first-order valence-electron chi connectivity index (χ1n) is 9.71. The third kappa shape index (κ3) is 4.67. The van der Waals surface area contributed by atoms with Crippen LogP contribution in [0.25, 0.3) is 10.1 Å². The first-order chi connectivity index (χ1) is 15.8. The summed E-state index contributed by atoms with van der Waals surface area (Å²) < 4.78 is 33.8. The molecular formula is C24H17ClF2N2O3S. The largest absolute Gasteiger partial charge is 0.495 e. The highest BCUT2D eigenvalue weighted by atomic mass is 35.5. The first kappa shape index (κ1) is 22.7. The predicted octanol–water partition coefficient (Wildman–Crippen LogP) is 6.65. The highest BCUT2D eigenvalue weighted by molar-refractivity contribution is 7.21. The lowest BCUT2D eigenvalue weighted by molar-refractivity contribution is 0.101. The molecule has 0 atom stereocenters. The van der Waals surface area contributed by atoms with E-state index in [2.05, 4.69) is 10.6 Å². The molecule has 1 heterocycles. The number of amides is 2. The van der Waals surface area contributed by atoms with Crippen molar-refractivity contribution in [2.75, 3.05) is 17.7 Å². The number of halogens is 3. The summed E-state index contributed by atoms with van der Waals surface area (Å²) in [5.74, 6) is -1.89. The van der Waals surface area contributed by atoms with Crippen molar-refractivity contribution in [3.05, 3.63) is 87.3 Å². The zero-order valence-corrected chi connectivity index (χ0v) is 19.0. The maximum Gasteiger partial charge on any atom is 0.266 e. The number of carbonyl (C=O) groups is 2. The molecule has 0 aliphatic heterocycles. The Hall–Kier alpha value is -3.49. The molecule has 0 radical (unpaired) electrons. The fourth-order valence-corrected chi connectivity index (χ4v) is 4.59. The highest BCUT2D eigenvalue weighted by Crippen LogP contribution is 2.33. The third-order valence-corrected chi connectivity index (χ3v) is 6.49. The number of nitrogens with one attached hydrogen (secondary N) is 2. The summed E-state index contributed by atoms with van der Waals surface area (Å²) in [5, 5.41) is 6.22. The van der Waals surface area contributed by atoms with Gasteiger partial charge in [0.05, 0.1) is 23.2 Å². The number of anilines is 2. The van der Waals surface area contributed by atoms with Crippen molar-refractivity contribution in [3.8, 4) is 5.75 Å². The van der Waals surface area contributed by atoms with E-state index in [-0.39, 0.29) is 28.0 Å². The number of carbonyl (C=O) groups excluding carboxylic acids is 2. The minimum atomic E-state index is -0.764. The summed E-state index contributed by atoms with van der Waals surface area (Å²) in [4.78, 5) is 25.9. The van der Waals surface area contributed by atoms with Crippen molar-refractivity contribution in [3.63, 3.8) is 0 Å². The van der Waals surface area contributed by atoms with Crippen molar-refractivity contribution >= 4 is 56.2 Å². The molecule has 9 heteroatoms. The lowest BCUT2D eigenvalue weighted by atomic mass is 10.1. The van der Waals surface area contributed by atoms with E-state index in [0.717, 1.165) is 10.8 Å². The molecule has 2 N–H and O–H groups in total. The summed E-state index contributed by atoms with van der Waals surface area (Å²) in [5.41, 5.74) is 1.11. The minimum absolute atomic E-state index is 0.172. The normalized spacial score (nSPS) is 10.8. The van der Waals surface area contributed by atoms with Gasteiger partial charge in [-0.25, -0.2) is 8.78 Å². The molecule has 0 spiro atoms. The van der Waals surface area contributed by atoms with E-state index in [1.165, 1.54) is 48.8 Å². The van der Waals surface area contributed by atoms with Crippen LogP contribution in [-0.2, 0) is 0 Å². The molecule has 33 heavy (non-hydrogen) atoms. The van der Waals surface area contributed by atoms with Gasteiger partial charge in [-0.1, -0.05) is 11.6 Å². The van der Waals surface area contributed by atoms with Crippen LogP contribution in [0.15, 0.2) is 54.6 Å². The van der Waals surface area contributed by atoms with Crippen LogP contribution in [0.1, 0.15) is 25.6 Å². The van der Waals surface area contributed by atoms with E-state index in [0.29, 0.717) is 27.3 Å². The Balaban J connectivity index is 1.59. The molecule has 0 aliphatic rings. The minimum Gasteiger partial charge on any atom is -0.495 e. The second kappa shape index (κ2) is 9.17. The molecule has 0 fully saturated rings. The van der Waals surface area contributed by atoms with Crippen LogP contribution < -0.4 is 15.4 Å². The van der Waals surface area contributed by atoms with Crippen LogP contribution in [0.3, 0.4) is 0 Å². The number of thiophene rings is 1. The molecule has 4 rings (SSSR count). The molecule has 4 aromatic rings. The summed E-state index contributed by atoms with van der Waals surface area (Å²) >= 11 is 7.00. The Labute approximate surface area is 196 Å². The molecule has 1 aromatic heterocycles. The number of rotatable bonds is 5. The standard InChI is InChI=1S/C24H17ClF2N2O3S/c1-12-17-10-14(26)4-8-21(17)33-22(12)24(31)28-15-5-7-20(32-2)19(11-15)29-23(30)16-6-3-13(25)9-18(16)27/h3-11H,1-2H3,(H,28,31)(H,29,30). The molecular weight excluding hydrogens is 470 g/mol. The number of methoxy groups -OCH3 is 1. The van der Waals surface area contributed by atoms with E-state index in [4.69, 9.17) is 16.3 Å². The van der Waals surface area contributed by atoms with Gasteiger partial charge in [0.2, 0.25) is 0 Å². The average molecular weight is 487 g/mol. The zero-order valence-electron chi connectivity index (χ0n) is 17.5. The van der Waals surface area contributed by atoms with E-state index >= 15 is 0 Å². The van der Waals surface area contributed by atoms with Crippen LogP contribution in [0.5, 0.6) is 5.75 Å². The third-order valence-electron chi connectivity index (χ3n) is 4.99. The summed E-state index contributed by atoms with van der Waals surface area (Å²) in [6.45, 7) is 1.76. The summed E-state index contributed by atoms with van der Waals surface area (Å²) in [6, 6.07) is 12.8. The molecule has 3 aromatic carbocycles. The maximum absolute atomic E-state index is 14.1. The fourth-order valence-electron chi connectivity index (χ4n) is 3.34. The molecule has 0 unspecified atom stereocenters. The quantitative estimate of drug-likeness (QED) is 0.331. The Bertz CT molecular complexity index is 1400. The second-order valence-electron chi connectivity index (χ2n) is 7.14. The van der Waals surface area contributed by atoms with Crippen LogP contribution in [0, 0.1) is 18.6 Å². The fraction of sp³-hybridized carbons (Fsp3) is 0.0833. The van der Waals surface area contributed by atoms with Gasteiger partial charge in [0.25, 0.3) is 11.8 Å². The molecule has 2 amide bonds. The van der Waals surface area contributed by atoms with Crippen LogP contribution in [0.2, 0.25) is 5.02 Å². The predicted molar refractivity (Wildman–Crippen MR) is 127 cm³/mol. The molecule has 0 bridgehead atoms. The Morgan fingerprint density at radius 3 is 2.48 bits per heavy atom. The number of fused-ring (bicyclic) bond motifs is 1. The Morgan fingerprint density at radius 2 is 1.76 bits per heavy atom. The number of benzene rings is 3. The Morgan fingerprint density at radius 1 is 0.970 bits per heavy atom. The van der Waals surface area contributed by atoms with Gasteiger partial charge in [-0.3, -0.25) is 9.59 Å². The SMILES string of the molecule is COc1ccc(NC(=O)c2sc3ccc(F)cc3c2C)cc1NC(=O)c1ccc(Cl)cc1F. The van der Waals surface area contributed by atoms with Crippen LogP contribution in [-0.4, -0.2) is 18.9 Å². The van der Waals surface area contributed by atoms with Crippen molar-refractivity contribution < 1.29 is 23.1 Å². The van der Waals surface area contributed by atoms with Crippen molar-refractivity contribution in [2.24, 2.45) is 0 Å². The topological polar surface area (TPSA) is 67.4 Å². The summed E-state index contributed by atoms with van der Waals surface area (Å²) in [7, 11) is 1.42.